The molecule has 0 bridgehead atoms. The van der Waals surface area contributed by atoms with Crippen LogP contribution in [0.3, 0.4) is 0 Å². The average Bonchev–Trinajstić information content (AvgIpc) is 2.90. The standard InChI is InChI=1S/C17H29N3.C9H10F2.C5H10O.C3H8/c1-6-8-9-19-15(4)17(14(3)7-2)16(5)20-12-10-18-11-13-20;1-2-3-7-4-8(10)6-9(11)5-7;1-3-4-5(2)6;1-3-2/h7-9,18H,6,10-13H2,1-5H3;4-6H,2-3H2,1H3;3-4H2,1-2H3;3H2,1-2H3/b9-8+,14-7-,17-16+,19-15+;;;. The number of carbonyl (C=O) groups excluding carboxylic acids is 1. The molecule has 1 heterocycles. The smallest absolute Gasteiger partial charge is 0.129 e. The Kier molecular flexibility index (Phi) is 25.1. The molecule has 0 saturated carbocycles. The fraction of sp³-hybridized carbons (Fsp3) is 0.588. The van der Waals surface area contributed by atoms with Crippen LogP contribution in [0.1, 0.15) is 107 Å². The van der Waals surface area contributed by atoms with Crippen LogP contribution < -0.4 is 5.32 Å². The largest absolute Gasteiger partial charge is 0.372 e. The summed E-state index contributed by atoms with van der Waals surface area (Å²) in [5.41, 5.74) is 5.75. The molecule has 1 fully saturated rings. The van der Waals surface area contributed by atoms with Gasteiger partial charge in [0.2, 0.25) is 0 Å². The minimum Gasteiger partial charge on any atom is -0.372 e. The third-order valence-electron chi connectivity index (χ3n) is 5.81. The van der Waals surface area contributed by atoms with Crippen molar-refractivity contribution in [3.05, 3.63) is 70.6 Å². The highest BCUT2D eigenvalue weighted by molar-refractivity contribution is 6.02. The number of nitrogens with one attached hydrogen (secondary N) is 1. The third kappa shape index (κ3) is 19.5. The van der Waals surface area contributed by atoms with Gasteiger partial charge in [-0.15, -0.1) is 0 Å². The zero-order chi connectivity index (χ0) is 30.9. The molecule has 0 unspecified atom stereocenters. The maximum atomic E-state index is 12.5. The van der Waals surface area contributed by atoms with Crippen molar-refractivity contribution in [3.63, 3.8) is 0 Å². The van der Waals surface area contributed by atoms with E-state index in [2.05, 4.69) is 75.8 Å². The Morgan fingerprint density at radius 1 is 0.950 bits per heavy atom. The highest BCUT2D eigenvalue weighted by atomic mass is 19.1. The van der Waals surface area contributed by atoms with Gasteiger partial charge in [-0.25, -0.2) is 8.78 Å². The van der Waals surface area contributed by atoms with E-state index >= 15 is 0 Å². The predicted molar refractivity (Wildman–Crippen MR) is 171 cm³/mol. The zero-order valence-electron chi connectivity index (χ0n) is 27.1. The monoisotopic (exact) mass is 561 g/mol. The van der Waals surface area contributed by atoms with Crippen LogP contribution in [-0.2, 0) is 11.2 Å². The lowest BCUT2D eigenvalue weighted by molar-refractivity contribution is -0.117. The number of aryl methyl sites for hydroxylation is 1. The van der Waals surface area contributed by atoms with Gasteiger partial charge in [0.25, 0.3) is 0 Å². The number of Topliss-reactive ketones (excluding diaryl/α,β-unsaturated/α-hetero) is 1. The first-order chi connectivity index (χ1) is 19.0. The second kappa shape index (κ2) is 25.4. The summed E-state index contributed by atoms with van der Waals surface area (Å²) < 4.78 is 25.0. The fourth-order valence-electron chi connectivity index (χ4n) is 3.87. The molecule has 1 N–H and O–H groups in total. The Morgan fingerprint density at radius 2 is 1.50 bits per heavy atom. The van der Waals surface area contributed by atoms with E-state index in [1.165, 1.54) is 35.4 Å². The van der Waals surface area contributed by atoms with E-state index in [9.17, 15) is 13.6 Å². The Labute approximate surface area is 244 Å². The van der Waals surface area contributed by atoms with Gasteiger partial charge >= 0.3 is 0 Å². The number of halogens is 2. The molecule has 0 radical (unpaired) electrons. The second-order valence-corrected chi connectivity index (χ2v) is 9.86. The van der Waals surface area contributed by atoms with Crippen LogP contribution in [0, 0.1) is 11.6 Å². The van der Waals surface area contributed by atoms with Gasteiger partial charge in [0.15, 0.2) is 0 Å². The van der Waals surface area contributed by atoms with Gasteiger partial charge in [-0.1, -0.05) is 59.6 Å². The number of rotatable bonds is 9. The summed E-state index contributed by atoms with van der Waals surface area (Å²) in [6.07, 6.45) is 11.8. The second-order valence-electron chi connectivity index (χ2n) is 9.86. The van der Waals surface area contributed by atoms with Crippen molar-refractivity contribution in [2.45, 2.75) is 108 Å². The van der Waals surface area contributed by atoms with Crippen molar-refractivity contribution in [1.82, 2.24) is 10.2 Å². The van der Waals surface area contributed by atoms with Gasteiger partial charge in [-0.2, -0.15) is 0 Å². The number of allylic oxidation sites excluding steroid dienone is 5. The quantitative estimate of drug-likeness (QED) is 0.241. The summed E-state index contributed by atoms with van der Waals surface area (Å²) in [5.74, 6) is -0.695. The molecule has 0 aromatic heterocycles. The van der Waals surface area contributed by atoms with Gasteiger partial charge in [0, 0.05) is 61.8 Å². The van der Waals surface area contributed by atoms with E-state index in [4.69, 9.17) is 0 Å². The van der Waals surface area contributed by atoms with Crippen LogP contribution in [0.15, 0.2) is 58.4 Å². The molecule has 4 nitrogen and oxygen atoms in total. The van der Waals surface area contributed by atoms with Crippen molar-refractivity contribution >= 4 is 11.5 Å². The van der Waals surface area contributed by atoms with Crippen LogP contribution in [0.5, 0.6) is 0 Å². The van der Waals surface area contributed by atoms with Gasteiger partial charge < -0.3 is 15.0 Å². The number of carbonyl (C=O) groups is 1. The fourth-order valence-corrected chi connectivity index (χ4v) is 3.87. The number of ketones is 1. The normalized spacial score (nSPS) is 14.2. The number of hydrogen-bond acceptors (Lipinski definition) is 4. The molecule has 1 aromatic carbocycles. The van der Waals surface area contributed by atoms with Crippen LogP contribution >= 0.6 is 0 Å². The third-order valence-corrected chi connectivity index (χ3v) is 5.81. The lowest BCUT2D eigenvalue weighted by atomic mass is 10.00. The molecule has 1 saturated heterocycles. The maximum absolute atomic E-state index is 12.5. The molecular weight excluding hydrogens is 504 g/mol. The molecular formula is C34H57F2N3O. The highest BCUT2D eigenvalue weighted by Crippen LogP contribution is 2.20. The average molecular weight is 562 g/mol. The minimum atomic E-state index is -0.492. The van der Waals surface area contributed by atoms with Gasteiger partial charge in [-0.3, -0.25) is 4.99 Å². The maximum Gasteiger partial charge on any atom is 0.129 e. The lowest BCUT2D eigenvalue weighted by Gasteiger charge is -2.32. The van der Waals surface area contributed by atoms with Gasteiger partial charge in [0.1, 0.15) is 17.4 Å². The van der Waals surface area contributed by atoms with E-state index in [0.717, 1.165) is 75.6 Å². The first-order valence-electron chi connectivity index (χ1n) is 15.0. The van der Waals surface area contributed by atoms with E-state index in [1.54, 1.807) is 6.92 Å². The SMILES string of the molecule is CCC.CCCC(C)=O.CCCc1cc(F)cc(F)c1.C\C=C(C)/C(C(/C)=N/C=C/CC)=C(/C)N1CCNCC1. The van der Waals surface area contributed by atoms with Crippen LogP contribution in [0.25, 0.3) is 0 Å². The molecule has 0 amide bonds. The Hall–Kier alpha value is -2.60. The van der Waals surface area contributed by atoms with Crippen molar-refractivity contribution in [1.29, 1.82) is 0 Å². The van der Waals surface area contributed by atoms with Crippen LogP contribution in [0.4, 0.5) is 8.78 Å². The van der Waals surface area contributed by atoms with Crippen molar-refractivity contribution in [2.75, 3.05) is 26.2 Å². The summed E-state index contributed by atoms with van der Waals surface area (Å²) >= 11 is 0. The highest BCUT2D eigenvalue weighted by Gasteiger charge is 2.16. The van der Waals surface area contributed by atoms with Crippen molar-refractivity contribution < 1.29 is 13.6 Å². The Balaban J connectivity index is 0. The summed E-state index contributed by atoms with van der Waals surface area (Å²) in [6.45, 7) is 24.8. The molecule has 0 atom stereocenters. The number of aliphatic imine (C=N–C) groups is 1. The topological polar surface area (TPSA) is 44.7 Å². The van der Waals surface area contributed by atoms with Gasteiger partial charge in [-0.05, 0) is 77.2 Å². The van der Waals surface area contributed by atoms with Crippen LogP contribution in [-0.4, -0.2) is 42.6 Å². The molecule has 228 valence electrons. The number of nitrogens with zero attached hydrogens (tertiary/aromatic N) is 2. The van der Waals surface area contributed by atoms with E-state index in [1.807, 2.05) is 20.0 Å². The summed E-state index contributed by atoms with van der Waals surface area (Å²) in [5, 5.41) is 3.40. The minimum absolute atomic E-state index is 0.289. The van der Waals surface area contributed by atoms with E-state index in [0.29, 0.717) is 0 Å². The number of benzene rings is 1. The molecule has 0 aliphatic carbocycles. The lowest BCUT2D eigenvalue weighted by Crippen LogP contribution is -2.43. The molecule has 1 aromatic rings. The summed E-state index contributed by atoms with van der Waals surface area (Å²) in [6, 6.07) is 3.62. The Morgan fingerprint density at radius 3 is 1.90 bits per heavy atom. The van der Waals surface area contributed by atoms with E-state index in [-0.39, 0.29) is 5.78 Å². The molecule has 1 aliphatic heterocycles. The van der Waals surface area contributed by atoms with Gasteiger partial charge in [0.05, 0.1) is 0 Å². The molecule has 40 heavy (non-hydrogen) atoms. The Bertz CT molecular complexity index is 922. The van der Waals surface area contributed by atoms with Crippen molar-refractivity contribution in [2.24, 2.45) is 4.99 Å². The first kappa shape index (κ1) is 39.5. The van der Waals surface area contributed by atoms with E-state index < -0.39 is 11.6 Å². The zero-order valence-corrected chi connectivity index (χ0v) is 27.1. The van der Waals surface area contributed by atoms with Crippen molar-refractivity contribution in [3.8, 4) is 0 Å². The molecule has 1 aliphatic rings. The first-order valence-corrected chi connectivity index (χ1v) is 15.0. The molecule has 0 spiro atoms. The number of hydrogen-bond donors (Lipinski definition) is 1. The number of piperazine rings is 1. The summed E-state index contributed by atoms with van der Waals surface area (Å²) in [4.78, 5) is 17.1. The predicted octanol–water partition coefficient (Wildman–Crippen LogP) is 9.23. The van der Waals surface area contributed by atoms with Crippen LogP contribution in [0.2, 0.25) is 0 Å². The summed E-state index contributed by atoms with van der Waals surface area (Å²) in [7, 11) is 0. The molecule has 6 heteroatoms. The molecule has 2 rings (SSSR count).